The number of methoxy groups -OCH3 is 1. The van der Waals surface area contributed by atoms with Crippen molar-refractivity contribution < 1.29 is 4.74 Å². The normalized spacial score (nSPS) is 24.3. The van der Waals surface area contributed by atoms with Gasteiger partial charge < -0.3 is 10.1 Å². The van der Waals surface area contributed by atoms with Crippen LogP contribution < -0.4 is 5.32 Å². The van der Waals surface area contributed by atoms with E-state index in [1.54, 1.807) is 0 Å². The maximum Gasteiger partial charge on any atom is 0.0630 e. The molecule has 0 aromatic heterocycles. The van der Waals surface area contributed by atoms with Crippen LogP contribution in [0.15, 0.2) is 0 Å². The van der Waals surface area contributed by atoms with Crippen molar-refractivity contribution in [2.75, 3.05) is 53.0 Å². The zero-order valence-corrected chi connectivity index (χ0v) is 12.0. The Balaban J connectivity index is 1.72. The first-order valence-electron chi connectivity index (χ1n) is 7.53. The summed E-state index contributed by atoms with van der Waals surface area (Å²) in [5.74, 6) is 0. The highest BCUT2D eigenvalue weighted by Crippen LogP contribution is 2.27. The Labute approximate surface area is 112 Å². The molecular formula is C14H29N3O. The van der Waals surface area contributed by atoms with Crippen LogP contribution >= 0.6 is 0 Å². The minimum Gasteiger partial charge on any atom is -0.383 e. The summed E-state index contributed by atoms with van der Waals surface area (Å²) in [7, 11) is 1.81. The Morgan fingerprint density at radius 3 is 2.50 bits per heavy atom. The molecule has 1 aliphatic carbocycles. The Hall–Kier alpha value is -0.160. The lowest BCUT2D eigenvalue weighted by Crippen LogP contribution is -2.54. The molecule has 2 rings (SSSR count). The molecule has 106 valence electrons. The fourth-order valence-electron chi connectivity index (χ4n) is 2.84. The molecule has 4 heteroatoms. The molecule has 0 radical (unpaired) electrons. The van der Waals surface area contributed by atoms with Gasteiger partial charge in [0.1, 0.15) is 0 Å². The molecule has 1 aliphatic heterocycles. The van der Waals surface area contributed by atoms with E-state index in [0.717, 1.165) is 25.7 Å². The molecule has 4 nitrogen and oxygen atoms in total. The third-order valence-corrected chi connectivity index (χ3v) is 4.09. The van der Waals surface area contributed by atoms with Crippen LogP contribution in [0, 0.1) is 0 Å². The Kier molecular flexibility index (Phi) is 5.89. The van der Waals surface area contributed by atoms with Gasteiger partial charge in [0, 0.05) is 51.9 Å². The topological polar surface area (TPSA) is 27.7 Å². The molecule has 1 unspecified atom stereocenters. The molecule has 1 heterocycles. The van der Waals surface area contributed by atoms with E-state index in [4.69, 9.17) is 4.74 Å². The van der Waals surface area contributed by atoms with Gasteiger partial charge in [0.15, 0.2) is 0 Å². The van der Waals surface area contributed by atoms with Crippen LogP contribution in [0.4, 0.5) is 0 Å². The first kappa shape index (κ1) is 14.3. The quantitative estimate of drug-likeness (QED) is 0.649. The van der Waals surface area contributed by atoms with E-state index in [9.17, 15) is 0 Å². The van der Waals surface area contributed by atoms with E-state index >= 15 is 0 Å². The molecule has 0 spiro atoms. The molecule has 0 aromatic rings. The van der Waals surface area contributed by atoms with Gasteiger partial charge in [-0.3, -0.25) is 9.80 Å². The van der Waals surface area contributed by atoms with Crippen LogP contribution in [0.1, 0.15) is 26.2 Å². The Morgan fingerprint density at radius 2 is 1.94 bits per heavy atom. The molecule has 0 aromatic carbocycles. The lowest BCUT2D eigenvalue weighted by atomic mass is 10.2. The predicted octanol–water partition coefficient (Wildman–Crippen LogP) is 0.781. The van der Waals surface area contributed by atoms with Gasteiger partial charge in [0.2, 0.25) is 0 Å². The summed E-state index contributed by atoms with van der Waals surface area (Å²) in [6.45, 7) is 10.1. The van der Waals surface area contributed by atoms with E-state index in [2.05, 4.69) is 22.0 Å². The SMILES string of the molecule is CCCNCC(COC)N1CCN(C2CC2)CC1. The van der Waals surface area contributed by atoms with E-state index in [1.807, 2.05) is 7.11 Å². The van der Waals surface area contributed by atoms with E-state index in [-0.39, 0.29) is 0 Å². The number of rotatable bonds is 8. The molecule has 1 saturated heterocycles. The highest BCUT2D eigenvalue weighted by atomic mass is 16.5. The first-order valence-corrected chi connectivity index (χ1v) is 7.53. The lowest BCUT2D eigenvalue weighted by molar-refractivity contribution is 0.0473. The molecule has 1 atom stereocenters. The van der Waals surface area contributed by atoms with Gasteiger partial charge in [0.05, 0.1) is 6.61 Å². The van der Waals surface area contributed by atoms with Crippen molar-refractivity contribution in [1.29, 1.82) is 0 Å². The Morgan fingerprint density at radius 1 is 1.22 bits per heavy atom. The maximum atomic E-state index is 5.38. The summed E-state index contributed by atoms with van der Waals surface area (Å²) < 4.78 is 5.38. The van der Waals surface area contributed by atoms with Crippen LogP contribution in [0.3, 0.4) is 0 Å². The summed E-state index contributed by atoms with van der Waals surface area (Å²) in [6.07, 6.45) is 4.06. The largest absolute Gasteiger partial charge is 0.383 e. The molecule has 2 aliphatic rings. The maximum absolute atomic E-state index is 5.38. The van der Waals surface area contributed by atoms with E-state index in [1.165, 1.54) is 45.4 Å². The standard InChI is InChI=1S/C14H29N3O/c1-3-6-15-11-14(12-18-2)17-9-7-16(8-10-17)13-4-5-13/h13-15H,3-12H2,1-2H3. The third kappa shape index (κ3) is 4.19. The van der Waals surface area contributed by atoms with Crippen LogP contribution in [-0.2, 0) is 4.74 Å². The van der Waals surface area contributed by atoms with Crippen molar-refractivity contribution in [1.82, 2.24) is 15.1 Å². The summed E-state index contributed by atoms with van der Waals surface area (Å²) in [5.41, 5.74) is 0. The van der Waals surface area contributed by atoms with Crippen molar-refractivity contribution in [3.63, 3.8) is 0 Å². The lowest BCUT2D eigenvalue weighted by Gasteiger charge is -2.39. The fourth-order valence-corrected chi connectivity index (χ4v) is 2.84. The second-order valence-electron chi connectivity index (χ2n) is 5.62. The zero-order chi connectivity index (χ0) is 12.8. The second-order valence-corrected chi connectivity index (χ2v) is 5.62. The average molecular weight is 255 g/mol. The van der Waals surface area contributed by atoms with Gasteiger partial charge in [-0.15, -0.1) is 0 Å². The zero-order valence-electron chi connectivity index (χ0n) is 12.0. The highest BCUT2D eigenvalue weighted by Gasteiger charge is 2.32. The van der Waals surface area contributed by atoms with Gasteiger partial charge in [-0.1, -0.05) is 6.92 Å². The molecule has 1 N–H and O–H groups in total. The molecular weight excluding hydrogens is 226 g/mol. The Bertz CT molecular complexity index is 225. The van der Waals surface area contributed by atoms with Crippen LogP contribution in [0.5, 0.6) is 0 Å². The van der Waals surface area contributed by atoms with Crippen molar-refractivity contribution in [3.8, 4) is 0 Å². The monoisotopic (exact) mass is 255 g/mol. The second kappa shape index (κ2) is 7.43. The number of hydrogen-bond acceptors (Lipinski definition) is 4. The minimum absolute atomic E-state index is 0.544. The number of nitrogens with one attached hydrogen (secondary N) is 1. The van der Waals surface area contributed by atoms with Crippen molar-refractivity contribution in [2.24, 2.45) is 0 Å². The molecule has 1 saturated carbocycles. The van der Waals surface area contributed by atoms with Gasteiger partial charge in [0.25, 0.3) is 0 Å². The molecule has 0 bridgehead atoms. The summed E-state index contributed by atoms with van der Waals surface area (Å²) >= 11 is 0. The van der Waals surface area contributed by atoms with Crippen molar-refractivity contribution in [3.05, 3.63) is 0 Å². The summed E-state index contributed by atoms with van der Waals surface area (Å²) in [5, 5.41) is 3.53. The average Bonchev–Trinajstić information content (AvgIpc) is 3.23. The van der Waals surface area contributed by atoms with Crippen LogP contribution in [0.25, 0.3) is 0 Å². The molecule has 18 heavy (non-hydrogen) atoms. The van der Waals surface area contributed by atoms with Gasteiger partial charge in [-0.05, 0) is 25.8 Å². The number of hydrogen-bond donors (Lipinski definition) is 1. The first-order chi connectivity index (χ1) is 8.85. The fraction of sp³-hybridized carbons (Fsp3) is 1.00. The van der Waals surface area contributed by atoms with Gasteiger partial charge in [-0.2, -0.15) is 0 Å². The van der Waals surface area contributed by atoms with Crippen molar-refractivity contribution >= 4 is 0 Å². The molecule has 2 fully saturated rings. The highest BCUT2D eigenvalue weighted by molar-refractivity contribution is 4.89. The number of ether oxygens (including phenoxy) is 1. The van der Waals surface area contributed by atoms with E-state index in [0.29, 0.717) is 6.04 Å². The smallest absolute Gasteiger partial charge is 0.0630 e. The number of nitrogens with zero attached hydrogens (tertiary/aromatic N) is 2. The predicted molar refractivity (Wildman–Crippen MR) is 75.0 cm³/mol. The summed E-state index contributed by atoms with van der Waals surface area (Å²) in [6, 6.07) is 1.47. The van der Waals surface area contributed by atoms with E-state index < -0.39 is 0 Å². The minimum atomic E-state index is 0.544. The van der Waals surface area contributed by atoms with Crippen LogP contribution in [-0.4, -0.2) is 74.9 Å². The molecule has 0 amide bonds. The number of piperazine rings is 1. The van der Waals surface area contributed by atoms with Gasteiger partial charge >= 0.3 is 0 Å². The van der Waals surface area contributed by atoms with Crippen molar-refractivity contribution in [2.45, 2.75) is 38.3 Å². The van der Waals surface area contributed by atoms with Gasteiger partial charge in [-0.25, -0.2) is 0 Å². The third-order valence-electron chi connectivity index (χ3n) is 4.09. The van der Waals surface area contributed by atoms with Crippen LogP contribution in [0.2, 0.25) is 0 Å². The summed E-state index contributed by atoms with van der Waals surface area (Å²) in [4.78, 5) is 5.27.